The zero-order chi connectivity index (χ0) is 12.8. The third-order valence-electron chi connectivity index (χ3n) is 1.43. The van der Waals surface area contributed by atoms with E-state index < -0.39 is 12.3 Å². The van der Waals surface area contributed by atoms with E-state index in [0.29, 0.717) is 0 Å². The van der Waals surface area contributed by atoms with Crippen LogP contribution in [0.1, 0.15) is 27.7 Å². The van der Waals surface area contributed by atoms with Crippen LogP contribution in [0.25, 0.3) is 0 Å². The predicted molar refractivity (Wildman–Crippen MR) is 70.7 cm³/mol. The standard InChI is InChI=1S/C9H16NO3PS2/c1-5-12-14(11,13-6-2)8(15)16-9(3,4)7-10/h5-6H2,1-4H3. The van der Waals surface area contributed by atoms with E-state index in [2.05, 4.69) is 6.07 Å². The summed E-state index contributed by atoms with van der Waals surface area (Å²) in [6.45, 7) is 7.34. The summed E-state index contributed by atoms with van der Waals surface area (Å²) in [5.74, 6) is 0. The van der Waals surface area contributed by atoms with Gasteiger partial charge in [0.25, 0.3) is 0 Å². The van der Waals surface area contributed by atoms with Gasteiger partial charge >= 0.3 is 7.60 Å². The van der Waals surface area contributed by atoms with E-state index in [1.165, 1.54) is 0 Å². The minimum atomic E-state index is -3.38. The number of thiocarbonyl (C=S) groups is 1. The Kier molecular flexibility index (Phi) is 6.76. The van der Waals surface area contributed by atoms with E-state index >= 15 is 0 Å². The van der Waals surface area contributed by atoms with Crippen molar-refractivity contribution in [2.75, 3.05) is 13.2 Å². The molecule has 16 heavy (non-hydrogen) atoms. The van der Waals surface area contributed by atoms with Gasteiger partial charge in [-0.2, -0.15) is 5.26 Å². The summed E-state index contributed by atoms with van der Waals surface area (Å²) < 4.78 is 21.7. The smallest absolute Gasteiger partial charge is 0.305 e. The van der Waals surface area contributed by atoms with Crippen molar-refractivity contribution in [2.45, 2.75) is 32.4 Å². The molecule has 0 aliphatic rings. The maximum absolute atomic E-state index is 12.2. The van der Waals surface area contributed by atoms with Crippen molar-refractivity contribution in [1.29, 1.82) is 5.26 Å². The van der Waals surface area contributed by atoms with Crippen LogP contribution in [0.2, 0.25) is 0 Å². The summed E-state index contributed by atoms with van der Waals surface area (Å²) in [6, 6.07) is 2.07. The molecule has 0 aromatic carbocycles. The average molecular weight is 281 g/mol. The topological polar surface area (TPSA) is 59.3 Å². The summed E-state index contributed by atoms with van der Waals surface area (Å²) in [5, 5.41) is 8.87. The van der Waals surface area contributed by atoms with Crippen LogP contribution in [-0.2, 0) is 13.6 Å². The molecule has 0 aromatic heterocycles. The maximum atomic E-state index is 12.2. The first-order chi connectivity index (χ1) is 7.31. The number of nitrogens with zero attached hydrogens (tertiary/aromatic N) is 1. The summed E-state index contributed by atoms with van der Waals surface area (Å²) in [7, 11) is -3.38. The lowest BCUT2D eigenvalue weighted by atomic mass is 10.2. The first-order valence-corrected chi connectivity index (χ1v) is 7.62. The molecule has 0 amide bonds. The molecule has 0 unspecified atom stereocenters. The number of hydrogen-bond donors (Lipinski definition) is 0. The Labute approximate surface area is 106 Å². The molecule has 0 radical (unpaired) electrons. The zero-order valence-electron chi connectivity index (χ0n) is 9.85. The third-order valence-corrected chi connectivity index (χ3v) is 5.72. The highest BCUT2D eigenvalue weighted by Crippen LogP contribution is 2.55. The zero-order valence-corrected chi connectivity index (χ0v) is 12.4. The first kappa shape index (κ1) is 16.1. The van der Waals surface area contributed by atoms with Gasteiger partial charge < -0.3 is 9.05 Å². The maximum Gasteiger partial charge on any atom is 0.378 e. The SMILES string of the molecule is CCOP(=O)(OCC)C(=S)SC(C)(C)C#N. The molecule has 0 atom stereocenters. The van der Waals surface area contributed by atoms with E-state index in [1.54, 1.807) is 27.7 Å². The van der Waals surface area contributed by atoms with Crippen LogP contribution in [0.15, 0.2) is 0 Å². The second-order valence-electron chi connectivity index (χ2n) is 3.32. The predicted octanol–water partition coefficient (Wildman–Crippen LogP) is 3.57. The van der Waals surface area contributed by atoms with Crippen LogP contribution >= 0.6 is 31.6 Å². The highest BCUT2D eigenvalue weighted by Gasteiger charge is 2.35. The summed E-state index contributed by atoms with van der Waals surface area (Å²) >= 11 is 6.08. The Morgan fingerprint density at radius 1 is 1.44 bits per heavy atom. The summed E-state index contributed by atoms with van der Waals surface area (Å²) in [6.07, 6.45) is 0. The van der Waals surface area contributed by atoms with E-state index in [-0.39, 0.29) is 17.2 Å². The van der Waals surface area contributed by atoms with Gasteiger partial charge in [0.15, 0.2) is 3.94 Å². The summed E-state index contributed by atoms with van der Waals surface area (Å²) in [5.41, 5.74) is 0. The van der Waals surface area contributed by atoms with Crippen LogP contribution in [0.5, 0.6) is 0 Å². The number of hydrogen-bond acceptors (Lipinski definition) is 6. The normalized spacial score (nSPS) is 12.2. The molecule has 0 fully saturated rings. The van der Waals surface area contributed by atoms with E-state index in [1.807, 2.05) is 0 Å². The van der Waals surface area contributed by atoms with Gasteiger partial charge in [0.05, 0.1) is 19.3 Å². The van der Waals surface area contributed by atoms with E-state index in [0.717, 1.165) is 11.8 Å². The van der Waals surface area contributed by atoms with Gasteiger partial charge in [-0.05, 0) is 27.7 Å². The fourth-order valence-electron chi connectivity index (χ4n) is 0.780. The van der Waals surface area contributed by atoms with Gasteiger partial charge in [0.2, 0.25) is 0 Å². The van der Waals surface area contributed by atoms with Crippen LogP contribution in [0.3, 0.4) is 0 Å². The van der Waals surface area contributed by atoms with Crippen molar-refractivity contribution in [2.24, 2.45) is 0 Å². The van der Waals surface area contributed by atoms with Crippen molar-refractivity contribution in [3.8, 4) is 6.07 Å². The van der Waals surface area contributed by atoms with Gasteiger partial charge in [-0.15, -0.1) is 0 Å². The molecule has 0 aromatic rings. The molecule has 7 heteroatoms. The number of rotatable bonds is 6. The highest BCUT2D eigenvalue weighted by atomic mass is 32.2. The van der Waals surface area contributed by atoms with Gasteiger partial charge in [0.1, 0.15) is 4.75 Å². The Morgan fingerprint density at radius 3 is 2.19 bits per heavy atom. The van der Waals surface area contributed by atoms with Crippen LogP contribution in [0, 0.1) is 11.3 Å². The minimum absolute atomic E-state index is 0.114. The molecule has 0 N–H and O–H groups in total. The molecule has 0 saturated heterocycles. The molecule has 0 saturated carbocycles. The Bertz CT molecular complexity index is 328. The monoisotopic (exact) mass is 281 g/mol. The van der Waals surface area contributed by atoms with E-state index in [9.17, 15) is 4.57 Å². The van der Waals surface area contributed by atoms with Crippen LogP contribution in [0.4, 0.5) is 0 Å². The molecular weight excluding hydrogens is 265 g/mol. The fourth-order valence-corrected chi connectivity index (χ4v) is 4.62. The Morgan fingerprint density at radius 2 is 1.88 bits per heavy atom. The number of nitriles is 1. The third kappa shape index (κ3) is 4.94. The molecule has 0 spiro atoms. The highest BCUT2D eigenvalue weighted by molar-refractivity contribution is 8.36. The van der Waals surface area contributed by atoms with Gasteiger partial charge in [0, 0.05) is 0 Å². The fraction of sp³-hybridized carbons (Fsp3) is 0.778. The minimum Gasteiger partial charge on any atom is -0.305 e. The lowest BCUT2D eigenvalue weighted by Crippen LogP contribution is -2.15. The van der Waals surface area contributed by atoms with Gasteiger partial charge in [-0.1, -0.05) is 24.0 Å². The second-order valence-corrected chi connectivity index (χ2v) is 8.19. The Balaban J connectivity index is 4.78. The quantitative estimate of drug-likeness (QED) is 0.548. The number of thioether (sulfide) groups is 1. The van der Waals surface area contributed by atoms with E-state index in [4.69, 9.17) is 26.5 Å². The van der Waals surface area contributed by atoms with Crippen molar-refractivity contribution in [3.05, 3.63) is 0 Å². The van der Waals surface area contributed by atoms with Crippen molar-refractivity contribution >= 4 is 35.5 Å². The van der Waals surface area contributed by atoms with Crippen LogP contribution in [-0.4, -0.2) is 21.9 Å². The molecular formula is C9H16NO3PS2. The second kappa shape index (κ2) is 6.73. The molecule has 4 nitrogen and oxygen atoms in total. The van der Waals surface area contributed by atoms with Crippen molar-refractivity contribution in [3.63, 3.8) is 0 Å². The lowest BCUT2D eigenvalue weighted by molar-refractivity contribution is 0.233. The van der Waals surface area contributed by atoms with Crippen molar-refractivity contribution in [1.82, 2.24) is 0 Å². The van der Waals surface area contributed by atoms with Crippen LogP contribution < -0.4 is 0 Å². The largest absolute Gasteiger partial charge is 0.378 e. The molecule has 0 aliphatic carbocycles. The molecule has 92 valence electrons. The molecule has 0 aliphatic heterocycles. The average Bonchev–Trinajstić information content (AvgIpc) is 2.18. The molecule has 0 bridgehead atoms. The van der Waals surface area contributed by atoms with Gasteiger partial charge in [-0.25, -0.2) is 0 Å². The first-order valence-electron chi connectivity index (χ1n) is 4.85. The molecule has 0 rings (SSSR count). The molecule has 0 heterocycles. The summed E-state index contributed by atoms with van der Waals surface area (Å²) in [4.78, 5) is 0. The van der Waals surface area contributed by atoms with Gasteiger partial charge in [-0.3, -0.25) is 4.57 Å². The Hall–Kier alpha value is 0.0800. The lowest BCUT2D eigenvalue weighted by Gasteiger charge is -2.21. The van der Waals surface area contributed by atoms with Crippen molar-refractivity contribution < 1.29 is 13.6 Å².